The van der Waals surface area contributed by atoms with E-state index in [0.717, 1.165) is 6.20 Å². The van der Waals surface area contributed by atoms with Crippen LogP contribution in [0, 0.1) is 5.82 Å². The highest BCUT2D eigenvalue weighted by Crippen LogP contribution is 2.25. The van der Waals surface area contributed by atoms with E-state index in [1.165, 1.54) is 21.2 Å². The number of nitrogens with zero attached hydrogens (tertiary/aromatic N) is 5. The van der Waals surface area contributed by atoms with Crippen LogP contribution in [-0.2, 0) is 17.9 Å². The van der Waals surface area contributed by atoms with Crippen LogP contribution in [0.25, 0.3) is 5.65 Å². The maximum atomic E-state index is 13.1. The van der Waals surface area contributed by atoms with Gasteiger partial charge in [0.1, 0.15) is 29.5 Å². The van der Waals surface area contributed by atoms with Gasteiger partial charge < -0.3 is 20.1 Å². The van der Waals surface area contributed by atoms with Gasteiger partial charge in [0.2, 0.25) is 5.91 Å². The third-order valence-electron chi connectivity index (χ3n) is 5.04. The Labute approximate surface area is 176 Å². The molecule has 4 rings (SSSR count). The number of carbonyl (C=O) groups excluding carboxylic acids is 2. The van der Waals surface area contributed by atoms with Crippen LogP contribution in [0.2, 0.25) is 0 Å². The second-order valence-electron chi connectivity index (χ2n) is 7.49. The monoisotopic (exact) mass is 427 g/mol. The van der Waals surface area contributed by atoms with E-state index in [1.807, 2.05) is 20.8 Å². The molecule has 0 unspecified atom stereocenters. The SMILES string of the molecule is CCNc1cc2n(CC(=O)Nc3ccc(F)cn3)c3c(c(=O)n2n1)CN(C(C)C)C3=O. The molecule has 0 radical (unpaired) electrons. The molecule has 0 spiro atoms. The summed E-state index contributed by atoms with van der Waals surface area (Å²) in [6.45, 7) is 6.11. The fraction of sp³-hybridized carbons (Fsp3) is 0.350. The van der Waals surface area contributed by atoms with E-state index in [4.69, 9.17) is 0 Å². The van der Waals surface area contributed by atoms with E-state index in [9.17, 15) is 18.8 Å². The van der Waals surface area contributed by atoms with E-state index in [-0.39, 0.29) is 42.1 Å². The number of rotatable bonds is 6. The van der Waals surface area contributed by atoms with Gasteiger partial charge in [0.05, 0.1) is 18.3 Å². The maximum Gasteiger partial charge on any atom is 0.280 e. The average Bonchev–Trinajstić information content (AvgIpc) is 3.29. The van der Waals surface area contributed by atoms with Crippen molar-refractivity contribution < 1.29 is 14.0 Å². The summed E-state index contributed by atoms with van der Waals surface area (Å²) in [5, 5.41) is 9.91. The zero-order valence-corrected chi connectivity index (χ0v) is 17.3. The van der Waals surface area contributed by atoms with Gasteiger partial charge in [0.15, 0.2) is 5.82 Å². The molecule has 3 aromatic rings. The number of anilines is 2. The first-order valence-corrected chi connectivity index (χ1v) is 9.91. The van der Waals surface area contributed by atoms with Gasteiger partial charge in [-0.05, 0) is 32.9 Å². The Morgan fingerprint density at radius 2 is 2.03 bits per heavy atom. The van der Waals surface area contributed by atoms with Crippen molar-refractivity contribution in [2.24, 2.45) is 0 Å². The van der Waals surface area contributed by atoms with Crippen LogP contribution in [0.4, 0.5) is 16.0 Å². The second-order valence-corrected chi connectivity index (χ2v) is 7.49. The van der Waals surface area contributed by atoms with Gasteiger partial charge in [0, 0.05) is 18.7 Å². The van der Waals surface area contributed by atoms with Crippen molar-refractivity contribution in [3.05, 3.63) is 51.8 Å². The molecule has 0 saturated carbocycles. The number of carbonyl (C=O) groups is 2. The number of nitrogens with one attached hydrogen (secondary N) is 2. The number of hydrogen-bond donors (Lipinski definition) is 2. The summed E-state index contributed by atoms with van der Waals surface area (Å²) < 4.78 is 15.8. The first-order valence-electron chi connectivity index (χ1n) is 9.91. The van der Waals surface area contributed by atoms with Crippen LogP contribution >= 0.6 is 0 Å². The first-order chi connectivity index (χ1) is 14.8. The Balaban J connectivity index is 1.79. The Morgan fingerprint density at radius 3 is 2.68 bits per heavy atom. The number of halogens is 1. The summed E-state index contributed by atoms with van der Waals surface area (Å²) in [7, 11) is 0. The zero-order chi connectivity index (χ0) is 22.3. The van der Waals surface area contributed by atoms with Crippen molar-refractivity contribution in [3.63, 3.8) is 0 Å². The smallest absolute Gasteiger partial charge is 0.280 e. The van der Waals surface area contributed by atoms with Gasteiger partial charge >= 0.3 is 0 Å². The summed E-state index contributed by atoms with van der Waals surface area (Å²) in [5.74, 6) is -0.673. The number of hydrogen-bond acceptors (Lipinski definition) is 6. The van der Waals surface area contributed by atoms with Crippen molar-refractivity contribution in [2.75, 3.05) is 17.2 Å². The third-order valence-corrected chi connectivity index (χ3v) is 5.04. The predicted molar refractivity (Wildman–Crippen MR) is 111 cm³/mol. The standard InChI is InChI=1S/C20H22FN7O3/c1-4-22-15-7-17-27(10-16(29)24-14-6-5-12(21)8-23-14)18-13(19(30)28(17)25-15)9-26(11(2)3)20(18)31/h5-8,11H,4,9-10H2,1-3H3,(H,22,25)(H,23,24,29). The topological polar surface area (TPSA) is 114 Å². The molecule has 0 saturated heterocycles. The molecule has 0 fully saturated rings. The van der Waals surface area contributed by atoms with Gasteiger partial charge in [0.25, 0.3) is 11.5 Å². The molecule has 1 aliphatic rings. The highest BCUT2D eigenvalue weighted by Gasteiger charge is 2.36. The lowest BCUT2D eigenvalue weighted by Crippen LogP contribution is -2.32. The van der Waals surface area contributed by atoms with Crippen molar-refractivity contribution in [1.29, 1.82) is 0 Å². The van der Waals surface area contributed by atoms with E-state index >= 15 is 0 Å². The van der Waals surface area contributed by atoms with Crippen LogP contribution in [0.5, 0.6) is 0 Å². The van der Waals surface area contributed by atoms with Gasteiger partial charge in [-0.1, -0.05) is 0 Å². The number of pyridine rings is 1. The van der Waals surface area contributed by atoms with Gasteiger partial charge in [-0.15, -0.1) is 5.10 Å². The molecular weight excluding hydrogens is 405 g/mol. The molecule has 10 nitrogen and oxygen atoms in total. The summed E-state index contributed by atoms with van der Waals surface area (Å²) >= 11 is 0. The highest BCUT2D eigenvalue weighted by molar-refractivity contribution is 5.98. The second kappa shape index (κ2) is 7.82. The fourth-order valence-electron chi connectivity index (χ4n) is 3.61. The Bertz CT molecular complexity index is 1230. The molecule has 3 aromatic heterocycles. The summed E-state index contributed by atoms with van der Waals surface area (Å²) in [6.07, 6.45) is 0.995. The summed E-state index contributed by atoms with van der Waals surface area (Å²) in [5.41, 5.74) is 0.407. The fourth-order valence-corrected chi connectivity index (χ4v) is 3.61. The average molecular weight is 427 g/mol. The lowest BCUT2D eigenvalue weighted by molar-refractivity contribution is -0.116. The normalized spacial score (nSPS) is 13.2. The first kappa shape index (κ1) is 20.5. The molecule has 31 heavy (non-hydrogen) atoms. The molecule has 0 aliphatic carbocycles. The highest BCUT2D eigenvalue weighted by atomic mass is 19.1. The Kier molecular flexibility index (Phi) is 5.17. The maximum absolute atomic E-state index is 13.1. The molecule has 162 valence electrons. The van der Waals surface area contributed by atoms with E-state index in [2.05, 4.69) is 20.7 Å². The minimum atomic E-state index is -0.521. The molecule has 0 aromatic carbocycles. The van der Waals surface area contributed by atoms with Crippen molar-refractivity contribution >= 4 is 29.1 Å². The van der Waals surface area contributed by atoms with E-state index < -0.39 is 11.7 Å². The van der Waals surface area contributed by atoms with Crippen LogP contribution in [0.15, 0.2) is 29.2 Å². The molecule has 2 amide bonds. The quantitative estimate of drug-likeness (QED) is 0.616. The van der Waals surface area contributed by atoms with Crippen LogP contribution < -0.4 is 16.2 Å². The van der Waals surface area contributed by atoms with Gasteiger partial charge in [-0.25, -0.2) is 9.37 Å². The Morgan fingerprint density at radius 1 is 1.26 bits per heavy atom. The molecule has 4 heterocycles. The molecular formula is C20H22FN7O3. The lowest BCUT2D eigenvalue weighted by atomic mass is 10.2. The van der Waals surface area contributed by atoms with Gasteiger partial charge in [-0.2, -0.15) is 4.52 Å². The molecule has 2 N–H and O–H groups in total. The third kappa shape index (κ3) is 3.62. The van der Waals surface area contributed by atoms with Crippen LogP contribution in [0.3, 0.4) is 0 Å². The Hall–Kier alpha value is -3.76. The van der Waals surface area contributed by atoms with Crippen LogP contribution in [-0.4, -0.2) is 48.5 Å². The zero-order valence-electron chi connectivity index (χ0n) is 17.3. The van der Waals surface area contributed by atoms with Crippen molar-refractivity contribution in [1.82, 2.24) is 24.1 Å². The number of fused-ring (bicyclic) bond motifs is 2. The molecule has 11 heteroatoms. The predicted octanol–water partition coefficient (Wildman–Crippen LogP) is 1.46. The van der Waals surface area contributed by atoms with Crippen LogP contribution in [0.1, 0.15) is 36.8 Å². The number of aromatic nitrogens is 4. The molecule has 0 bridgehead atoms. The minimum Gasteiger partial charge on any atom is -0.369 e. The van der Waals surface area contributed by atoms with Crippen molar-refractivity contribution in [2.45, 2.75) is 39.9 Å². The largest absolute Gasteiger partial charge is 0.369 e. The van der Waals surface area contributed by atoms with E-state index in [1.54, 1.807) is 11.0 Å². The summed E-state index contributed by atoms with van der Waals surface area (Å²) in [6, 6.07) is 4.03. The van der Waals surface area contributed by atoms with Crippen molar-refractivity contribution in [3.8, 4) is 0 Å². The lowest BCUT2D eigenvalue weighted by Gasteiger charge is -2.20. The minimum absolute atomic E-state index is 0.116. The summed E-state index contributed by atoms with van der Waals surface area (Å²) in [4.78, 5) is 44.3. The van der Waals surface area contributed by atoms with Gasteiger partial charge in [-0.3, -0.25) is 14.4 Å². The van der Waals surface area contributed by atoms with E-state index in [0.29, 0.717) is 23.6 Å². The molecule has 0 atom stereocenters. The number of amides is 2. The molecule has 1 aliphatic heterocycles.